The fourth-order valence-corrected chi connectivity index (χ4v) is 2.45. The van der Waals surface area contributed by atoms with Gasteiger partial charge in [0.1, 0.15) is 0 Å². The molecule has 1 atom stereocenters. The van der Waals surface area contributed by atoms with Crippen molar-refractivity contribution in [1.29, 1.82) is 0 Å². The zero-order chi connectivity index (χ0) is 8.97. The Balaban J connectivity index is 2.52. The summed E-state index contributed by atoms with van der Waals surface area (Å²) >= 11 is 5.11. The Morgan fingerprint density at radius 3 is 3.00 bits per heavy atom. The van der Waals surface area contributed by atoms with E-state index in [9.17, 15) is 0 Å². The van der Waals surface area contributed by atoms with Crippen molar-refractivity contribution in [2.45, 2.75) is 18.9 Å². The van der Waals surface area contributed by atoms with Crippen molar-refractivity contribution in [3.63, 3.8) is 0 Å². The van der Waals surface area contributed by atoms with Gasteiger partial charge in [0, 0.05) is 20.8 Å². The Morgan fingerprint density at radius 1 is 1.75 bits per heavy atom. The Kier molecular flexibility index (Phi) is 3.98. The molecule has 0 bridgehead atoms. The highest BCUT2D eigenvalue weighted by molar-refractivity contribution is 9.10. The minimum Gasteiger partial charge on any atom is -0.323 e. The van der Waals surface area contributed by atoms with E-state index in [2.05, 4.69) is 34.0 Å². The molecule has 1 aromatic heterocycles. The van der Waals surface area contributed by atoms with E-state index in [1.54, 1.807) is 11.3 Å². The minimum atomic E-state index is 0.166. The fourth-order valence-electron chi connectivity index (χ4n) is 0.962. The van der Waals surface area contributed by atoms with E-state index in [0.717, 1.165) is 17.3 Å². The molecule has 0 aromatic carbocycles. The molecular formula is C9H12BrNS. The number of hydrogen-bond donors (Lipinski definition) is 1. The summed E-state index contributed by atoms with van der Waals surface area (Å²) in [6.45, 7) is 3.67. The number of hydrogen-bond acceptors (Lipinski definition) is 2. The van der Waals surface area contributed by atoms with Crippen molar-refractivity contribution in [3.05, 3.63) is 33.5 Å². The lowest BCUT2D eigenvalue weighted by Gasteiger charge is -2.06. The summed E-state index contributed by atoms with van der Waals surface area (Å²) in [6.07, 6.45) is 3.87. The molecule has 0 radical (unpaired) electrons. The van der Waals surface area contributed by atoms with E-state index in [4.69, 9.17) is 5.73 Å². The van der Waals surface area contributed by atoms with E-state index in [1.807, 2.05) is 6.08 Å². The van der Waals surface area contributed by atoms with Crippen LogP contribution in [0.5, 0.6) is 0 Å². The minimum absolute atomic E-state index is 0.166. The van der Waals surface area contributed by atoms with E-state index in [0.29, 0.717) is 0 Å². The summed E-state index contributed by atoms with van der Waals surface area (Å²) in [5.74, 6) is 0. The second kappa shape index (κ2) is 4.80. The summed E-state index contributed by atoms with van der Waals surface area (Å²) in [6, 6.07) is 2.25. The lowest BCUT2D eigenvalue weighted by atomic mass is 10.1. The van der Waals surface area contributed by atoms with E-state index in [1.165, 1.54) is 4.88 Å². The topological polar surface area (TPSA) is 26.0 Å². The Bertz CT molecular complexity index is 257. The molecule has 12 heavy (non-hydrogen) atoms. The van der Waals surface area contributed by atoms with Gasteiger partial charge in [-0.1, -0.05) is 6.08 Å². The molecule has 1 aromatic rings. The van der Waals surface area contributed by atoms with Gasteiger partial charge < -0.3 is 5.73 Å². The van der Waals surface area contributed by atoms with Gasteiger partial charge in [0.2, 0.25) is 0 Å². The number of halogens is 1. The van der Waals surface area contributed by atoms with E-state index < -0.39 is 0 Å². The standard InChI is InChI=1S/C9H12BrNS/c1-2-3-4-8(11)9-5-7(10)6-12-9/h2,5-6,8H,1,3-4,11H2/t8-/m1/s1. The van der Waals surface area contributed by atoms with Crippen LogP contribution in [-0.2, 0) is 0 Å². The smallest absolute Gasteiger partial charge is 0.0393 e. The van der Waals surface area contributed by atoms with Crippen molar-refractivity contribution in [1.82, 2.24) is 0 Å². The lowest BCUT2D eigenvalue weighted by molar-refractivity contribution is 0.672. The molecule has 0 aliphatic rings. The largest absolute Gasteiger partial charge is 0.323 e. The van der Waals surface area contributed by atoms with Crippen molar-refractivity contribution in [2.75, 3.05) is 0 Å². The predicted molar refractivity (Wildman–Crippen MR) is 58.4 cm³/mol. The maximum Gasteiger partial charge on any atom is 0.0393 e. The van der Waals surface area contributed by atoms with Gasteiger partial charge in [0.15, 0.2) is 0 Å². The van der Waals surface area contributed by atoms with Crippen LogP contribution in [0, 0.1) is 0 Å². The van der Waals surface area contributed by atoms with Gasteiger partial charge in [-0.05, 0) is 34.8 Å². The first-order valence-electron chi connectivity index (χ1n) is 3.84. The van der Waals surface area contributed by atoms with Crippen molar-refractivity contribution >= 4 is 27.3 Å². The molecule has 3 heteroatoms. The van der Waals surface area contributed by atoms with Crippen LogP contribution in [-0.4, -0.2) is 0 Å². The summed E-state index contributed by atoms with van der Waals surface area (Å²) in [4.78, 5) is 1.24. The highest BCUT2D eigenvalue weighted by atomic mass is 79.9. The molecular weight excluding hydrogens is 234 g/mol. The van der Waals surface area contributed by atoms with Crippen molar-refractivity contribution in [3.8, 4) is 0 Å². The highest BCUT2D eigenvalue weighted by Crippen LogP contribution is 2.26. The molecule has 0 spiro atoms. The summed E-state index contributed by atoms with van der Waals surface area (Å²) in [5, 5.41) is 2.06. The Hall–Kier alpha value is -0.120. The van der Waals surface area contributed by atoms with Gasteiger partial charge in [-0.3, -0.25) is 0 Å². The second-order valence-corrected chi connectivity index (χ2v) is 4.50. The van der Waals surface area contributed by atoms with Crippen LogP contribution >= 0.6 is 27.3 Å². The third-order valence-electron chi connectivity index (χ3n) is 1.63. The third-order valence-corrected chi connectivity index (χ3v) is 3.46. The maximum atomic E-state index is 5.94. The molecule has 0 saturated heterocycles. The second-order valence-electron chi connectivity index (χ2n) is 2.64. The molecule has 0 fully saturated rings. The molecule has 1 nitrogen and oxygen atoms in total. The Morgan fingerprint density at radius 2 is 2.50 bits per heavy atom. The van der Waals surface area contributed by atoms with Crippen LogP contribution in [0.15, 0.2) is 28.6 Å². The van der Waals surface area contributed by atoms with E-state index >= 15 is 0 Å². The number of thiophene rings is 1. The number of allylic oxidation sites excluding steroid dienone is 1. The van der Waals surface area contributed by atoms with Crippen LogP contribution in [0.1, 0.15) is 23.8 Å². The van der Waals surface area contributed by atoms with Gasteiger partial charge in [-0.25, -0.2) is 0 Å². The van der Waals surface area contributed by atoms with Gasteiger partial charge in [0.25, 0.3) is 0 Å². The first-order chi connectivity index (χ1) is 5.74. The highest BCUT2D eigenvalue weighted by Gasteiger charge is 2.06. The van der Waals surface area contributed by atoms with Gasteiger partial charge in [-0.15, -0.1) is 17.9 Å². The molecule has 0 saturated carbocycles. The Labute approximate surface area is 85.4 Å². The average Bonchev–Trinajstić information content (AvgIpc) is 2.47. The molecule has 1 heterocycles. The maximum absolute atomic E-state index is 5.94. The van der Waals surface area contributed by atoms with Crippen molar-refractivity contribution in [2.24, 2.45) is 5.73 Å². The molecule has 2 N–H and O–H groups in total. The molecule has 0 amide bonds. The van der Waals surface area contributed by atoms with Gasteiger partial charge >= 0.3 is 0 Å². The SMILES string of the molecule is C=CCC[C@@H](N)c1cc(Br)cs1. The molecule has 0 unspecified atom stereocenters. The quantitative estimate of drug-likeness (QED) is 0.809. The van der Waals surface area contributed by atoms with Gasteiger partial charge in [0.05, 0.1) is 0 Å². The van der Waals surface area contributed by atoms with Crippen molar-refractivity contribution < 1.29 is 0 Å². The van der Waals surface area contributed by atoms with Gasteiger partial charge in [-0.2, -0.15) is 0 Å². The predicted octanol–water partition coefficient (Wildman–Crippen LogP) is 3.48. The van der Waals surface area contributed by atoms with Crippen LogP contribution in [0.3, 0.4) is 0 Å². The summed E-state index contributed by atoms with van der Waals surface area (Å²) < 4.78 is 1.12. The third kappa shape index (κ3) is 2.73. The van der Waals surface area contributed by atoms with Crippen LogP contribution in [0.4, 0.5) is 0 Å². The normalized spacial score (nSPS) is 12.8. The van der Waals surface area contributed by atoms with Crippen LogP contribution in [0.25, 0.3) is 0 Å². The summed E-state index contributed by atoms with van der Waals surface area (Å²) in [7, 11) is 0. The lowest BCUT2D eigenvalue weighted by Crippen LogP contribution is -2.07. The average molecular weight is 246 g/mol. The van der Waals surface area contributed by atoms with Crippen LogP contribution in [0.2, 0.25) is 0 Å². The molecule has 0 aliphatic heterocycles. The van der Waals surface area contributed by atoms with Crippen LogP contribution < -0.4 is 5.73 Å². The van der Waals surface area contributed by atoms with E-state index in [-0.39, 0.29) is 6.04 Å². The summed E-state index contributed by atoms with van der Waals surface area (Å²) in [5.41, 5.74) is 5.94. The number of rotatable bonds is 4. The molecule has 0 aliphatic carbocycles. The monoisotopic (exact) mass is 245 g/mol. The zero-order valence-electron chi connectivity index (χ0n) is 6.79. The zero-order valence-corrected chi connectivity index (χ0v) is 9.20. The first kappa shape index (κ1) is 9.96. The first-order valence-corrected chi connectivity index (χ1v) is 5.51. The molecule has 66 valence electrons. The number of nitrogens with two attached hydrogens (primary N) is 1. The fraction of sp³-hybridized carbons (Fsp3) is 0.333. The molecule has 1 rings (SSSR count).